The van der Waals surface area contributed by atoms with Crippen molar-refractivity contribution in [2.45, 2.75) is 59.4 Å². The summed E-state index contributed by atoms with van der Waals surface area (Å²) in [5.74, 6) is -0.995. The van der Waals surface area contributed by atoms with Crippen molar-refractivity contribution >= 4 is 40.4 Å². The van der Waals surface area contributed by atoms with E-state index in [0.29, 0.717) is 32.6 Å². The molecular weight excluding hydrogens is 516 g/mol. The second-order valence-corrected chi connectivity index (χ2v) is 11.1. The fraction of sp³-hybridized carbons (Fsp3) is 0.480. The van der Waals surface area contributed by atoms with Crippen LogP contribution in [0.4, 0.5) is 0 Å². The first-order valence-corrected chi connectivity index (χ1v) is 13.5. The molecule has 4 heterocycles. The van der Waals surface area contributed by atoms with E-state index in [1.54, 1.807) is 31.7 Å². The number of nitrogens with zero attached hydrogens (tertiary/aromatic N) is 4. The molecule has 1 saturated heterocycles. The van der Waals surface area contributed by atoms with Gasteiger partial charge in [-0.2, -0.15) is 0 Å². The number of thiazole rings is 2. The minimum absolute atomic E-state index is 0.0127. The highest BCUT2D eigenvalue weighted by atomic mass is 32.1. The van der Waals surface area contributed by atoms with E-state index in [9.17, 15) is 14.4 Å². The minimum atomic E-state index is -0.593. The molecule has 12 heteroatoms. The largest absolute Gasteiger partial charge is 0.463 e. The summed E-state index contributed by atoms with van der Waals surface area (Å²) < 4.78 is 17.0. The molecule has 0 saturated carbocycles. The Morgan fingerprint density at radius 3 is 2.46 bits per heavy atom. The van der Waals surface area contributed by atoms with Crippen LogP contribution in [0.15, 0.2) is 24.8 Å². The maximum atomic E-state index is 13.3. The highest BCUT2D eigenvalue weighted by Crippen LogP contribution is 2.36. The second-order valence-electron chi connectivity index (χ2n) is 8.98. The summed E-state index contributed by atoms with van der Waals surface area (Å²) in [4.78, 5) is 54.7. The van der Waals surface area contributed by atoms with Gasteiger partial charge in [-0.1, -0.05) is 13.8 Å². The summed E-state index contributed by atoms with van der Waals surface area (Å²) in [5.41, 5.74) is 1.25. The zero-order valence-electron chi connectivity index (χ0n) is 21.2. The smallest absolute Gasteiger partial charge is 0.303 e. The van der Waals surface area contributed by atoms with Crippen LogP contribution in [-0.2, 0) is 30.2 Å². The maximum absolute atomic E-state index is 13.3. The van der Waals surface area contributed by atoms with E-state index in [4.69, 9.17) is 14.2 Å². The van der Waals surface area contributed by atoms with E-state index in [0.717, 1.165) is 5.01 Å². The van der Waals surface area contributed by atoms with E-state index >= 15 is 0 Å². The van der Waals surface area contributed by atoms with Crippen molar-refractivity contribution in [3.8, 4) is 10.7 Å². The molecule has 0 unspecified atom stereocenters. The second kappa shape index (κ2) is 11.5. The molecule has 5 atom stereocenters. The molecule has 196 valence electrons. The summed E-state index contributed by atoms with van der Waals surface area (Å²) in [6.45, 7) is 8.48. The molecule has 1 aliphatic rings. The molecular formula is C25H28N4O6S2. The average molecular weight is 545 g/mol. The van der Waals surface area contributed by atoms with Crippen LogP contribution < -0.4 is 0 Å². The number of aromatic nitrogens is 4. The summed E-state index contributed by atoms with van der Waals surface area (Å²) >= 11 is 2.60. The van der Waals surface area contributed by atoms with Crippen molar-refractivity contribution in [3.05, 3.63) is 45.2 Å². The number of hydrogen-bond acceptors (Lipinski definition) is 12. The molecule has 4 rings (SSSR count). The lowest BCUT2D eigenvalue weighted by Gasteiger charge is -2.43. The standard InChI is InChI=1S/C25H28N4O6S2/c1-12-13(2)23(34-16(5)31)19(11-33-15(4)30)35-18(12)8-21-28-10-20(36-21)22(32)24-14(3)29-25(37-24)17-9-26-6-7-27-17/h6-7,9-10,12-13,18-19,23H,8,11H2,1-5H3/t12-,13+,18+,19+,23-/m0/s1. The third-order valence-corrected chi connectivity index (χ3v) is 8.54. The molecule has 0 aromatic carbocycles. The Labute approximate surface area is 222 Å². The molecule has 0 aliphatic carbocycles. The fourth-order valence-corrected chi connectivity index (χ4v) is 6.22. The van der Waals surface area contributed by atoms with Gasteiger partial charge in [-0.15, -0.1) is 22.7 Å². The topological polar surface area (TPSA) is 130 Å². The first-order chi connectivity index (χ1) is 17.6. The van der Waals surface area contributed by atoms with Crippen LogP contribution in [0.1, 0.15) is 52.9 Å². The van der Waals surface area contributed by atoms with Crippen molar-refractivity contribution in [2.24, 2.45) is 11.8 Å². The third-order valence-electron chi connectivity index (χ3n) is 6.34. The number of carbonyl (C=O) groups is 3. The van der Waals surface area contributed by atoms with Gasteiger partial charge in [0.05, 0.1) is 32.8 Å². The van der Waals surface area contributed by atoms with E-state index in [1.807, 2.05) is 13.8 Å². The molecule has 37 heavy (non-hydrogen) atoms. The Hall–Kier alpha value is -3.09. The maximum Gasteiger partial charge on any atom is 0.303 e. The molecule has 1 aliphatic heterocycles. The number of aryl methyl sites for hydroxylation is 1. The number of esters is 2. The third kappa shape index (κ3) is 6.25. The van der Waals surface area contributed by atoms with E-state index in [1.165, 1.54) is 36.5 Å². The number of ketones is 1. The summed E-state index contributed by atoms with van der Waals surface area (Å²) in [6, 6.07) is 0. The Bertz CT molecular complexity index is 1280. The van der Waals surface area contributed by atoms with Gasteiger partial charge in [0.2, 0.25) is 5.78 Å². The van der Waals surface area contributed by atoms with Crippen LogP contribution in [-0.4, -0.2) is 62.6 Å². The number of carbonyl (C=O) groups excluding carboxylic acids is 3. The molecule has 3 aromatic heterocycles. The molecule has 1 fully saturated rings. The predicted molar refractivity (Wildman–Crippen MR) is 136 cm³/mol. The molecule has 10 nitrogen and oxygen atoms in total. The molecule has 0 bridgehead atoms. The lowest BCUT2D eigenvalue weighted by molar-refractivity contribution is -0.205. The number of hydrogen-bond donors (Lipinski definition) is 0. The zero-order chi connectivity index (χ0) is 26.7. The molecule has 0 N–H and O–H groups in total. The van der Waals surface area contributed by atoms with Gasteiger partial charge in [-0.05, 0) is 12.8 Å². The van der Waals surface area contributed by atoms with Gasteiger partial charge >= 0.3 is 11.9 Å². The van der Waals surface area contributed by atoms with E-state index in [-0.39, 0.29) is 30.3 Å². The van der Waals surface area contributed by atoms with Crippen molar-refractivity contribution in [1.29, 1.82) is 0 Å². The van der Waals surface area contributed by atoms with Crippen molar-refractivity contribution in [2.75, 3.05) is 6.61 Å². The summed E-state index contributed by atoms with van der Waals surface area (Å²) in [7, 11) is 0. The lowest BCUT2D eigenvalue weighted by atomic mass is 9.80. The quantitative estimate of drug-likeness (QED) is 0.306. The average Bonchev–Trinajstić information content (AvgIpc) is 3.49. The van der Waals surface area contributed by atoms with Crippen LogP contribution in [0, 0.1) is 18.8 Å². The van der Waals surface area contributed by atoms with E-state index < -0.39 is 24.1 Å². The normalized spacial score (nSPS) is 23.4. The Morgan fingerprint density at radius 1 is 1.00 bits per heavy atom. The van der Waals surface area contributed by atoms with Crippen LogP contribution in [0.25, 0.3) is 10.7 Å². The van der Waals surface area contributed by atoms with E-state index in [2.05, 4.69) is 19.9 Å². The van der Waals surface area contributed by atoms with Gasteiger partial charge in [-0.3, -0.25) is 24.4 Å². The monoisotopic (exact) mass is 544 g/mol. The van der Waals surface area contributed by atoms with Gasteiger partial charge in [-0.25, -0.2) is 9.97 Å². The van der Waals surface area contributed by atoms with Crippen LogP contribution >= 0.6 is 22.7 Å². The minimum Gasteiger partial charge on any atom is -0.463 e. The Morgan fingerprint density at radius 2 is 1.78 bits per heavy atom. The van der Waals surface area contributed by atoms with Gasteiger partial charge < -0.3 is 14.2 Å². The highest BCUT2D eigenvalue weighted by Gasteiger charge is 2.44. The van der Waals surface area contributed by atoms with Crippen LogP contribution in [0.2, 0.25) is 0 Å². The first-order valence-electron chi connectivity index (χ1n) is 11.8. The predicted octanol–water partition coefficient (Wildman–Crippen LogP) is 3.67. The van der Waals surface area contributed by atoms with Gasteiger partial charge in [0.15, 0.2) is 0 Å². The zero-order valence-corrected chi connectivity index (χ0v) is 22.8. The lowest BCUT2D eigenvalue weighted by Crippen LogP contribution is -2.53. The van der Waals surface area contributed by atoms with Crippen LogP contribution in [0.5, 0.6) is 0 Å². The molecule has 3 aromatic rings. The summed E-state index contributed by atoms with van der Waals surface area (Å²) in [6.07, 6.45) is 5.45. The van der Waals surface area contributed by atoms with Crippen LogP contribution in [0.3, 0.4) is 0 Å². The van der Waals surface area contributed by atoms with Gasteiger partial charge in [0, 0.05) is 44.8 Å². The SMILES string of the molecule is CC(=O)OC[C@H]1O[C@H](Cc2ncc(C(=O)c3sc(-c4cnccn4)nc3C)s2)[C@@H](C)[C@@H](C)[C@@H]1OC(C)=O. The van der Waals surface area contributed by atoms with Gasteiger partial charge in [0.25, 0.3) is 0 Å². The highest BCUT2D eigenvalue weighted by molar-refractivity contribution is 7.19. The fourth-order valence-electron chi connectivity index (χ4n) is 4.26. The summed E-state index contributed by atoms with van der Waals surface area (Å²) in [5, 5.41) is 1.39. The molecule has 0 amide bonds. The Balaban J connectivity index is 1.49. The first kappa shape index (κ1) is 27.0. The number of ether oxygens (including phenoxy) is 3. The van der Waals surface area contributed by atoms with Crippen molar-refractivity contribution < 1.29 is 28.6 Å². The Kier molecular flexibility index (Phi) is 8.40. The van der Waals surface area contributed by atoms with Crippen molar-refractivity contribution in [1.82, 2.24) is 19.9 Å². The van der Waals surface area contributed by atoms with Crippen molar-refractivity contribution in [3.63, 3.8) is 0 Å². The molecule has 0 spiro atoms. The molecule has 0 radical (unpaired) electrons. The van der Waals surface area contributed by atoms with Gasteiger partial charge in [0.1, 0.15) is 29.5 Å². The number of rotatable bonds is 8.